The molecule has 0 aliphatic heterocycles. The van der Waals surface area contributed by atoms with E-state index in [-0.39, 0.29) is 17.4 Å². The monoisotopic (exact) mass is 269 g/mol. The number of nitrogens with two attached hydrogens (primary N) is 1. The Morgan fingerprint density at radius 3 is 2.32 bits per heavy atom. The number of nitrogens with zero attached hydrogens (tertiary/aromatic N) is 1. The molecule has 1 fully saturated rings. The Hall–Kier alpha value is -0.610. The van der Waals surface area contributed by atoms with E-state index in [1.165, 1.54) is 0 Å². The van der Waals surface area contributed by atoms with Crippen LogP contribution in [0, 0.1) is 11.3 Å². The average Bonchev–Trinajstić information content (AvgIpc) is 2.76. The number of hydrogen-bond donors (Lipinski definition) is 2. The number of carbonyl (C=O) groups is 1. The Kier molecular flexibility index (Phi) is 6.27. The predicted molar refractivity (Wildman–Crippen MR) is 79.9 cm³/mol. The number of hydrogen-bond acceptors (Lipinski definition) is 3. The molecule has 4 heteroatoms. The number of amides is 1. The summed E-state index contributed by atoms with van der Waals surface area (Å²) in [6, 6.07) is 0.228. The van der Waals surface area contributed by atoms with E-state index < -0.39 is 0 Å². The van der Waals surface area contributed by atoms with Gasteiger partial charge in [-0.3, -0.25) is 4.79 Å². The van der Waals surface area contributed by atoms with Gasteiger partial charge in [0.05, 0.1) is 5.41 Å². The van der Waals surface area contributed by atoms with Crippen LogP contribution >= 0.6 is 0 Å². The molecular formula is C15H31N3O. The van der Waals surface area contributed by atoms with E-state index in [0.29, 0.717) is 12.5 Å². The molecule has 0 saturated heterocycles. The van der Waals surface area contributed by atoms with E-state index in [1.807, 2.05) is 14.1 Å². The van der Waals surface area contributed by atoms with Crippen molar-refractivity contribution < 1.29 is 4.79 Å². The lowest BCUT2D eigenvalue weighted by molar-refractivity contribution is -0.131. The standard InChI is InChI=1S/C15H31N3O/c1-12(2)9-13(10-18(3)4)17-14(19)15(11-16)7-5-6-8-15/h12-13H,5-11,16H2,1-4H3,(H,17,19). The summed E-state index contributed by atoms with van der Waals surface area (Å²) in [7, 11) is 4.10. The molecule has 0 heterocycles. The lowest BCUT2D eigenvalue weighted by atomic mass is 9.84. The maximum Gasteiger partial charge on any atom is 0.227 e. The van der Waals surface area contributed by atoms with E-state index >= 15 is 0 Å². The quantitative estimate of drug-likeness (QED) is 0.738. The van der Waals surface area contributed by atoms with Gasteiger partial charge in [-0.2, -0.15) is 0 Å². The van der Waals surface area contributed by atoms with Crippen molar-refractivity contribution in [2.24, 2.45) is 17.1 Å². The number of nitrogens with one attached hydrogen (secondary N) is 1. The lowest BCUT2D eigenvalue weighted by Gasteiger charge is -2.31. The van der Waals surface area contributed by atoms with E-state index in [9.17, 15) is 4.79 Å². The third-order valence-corrected chi connectivity index (χ3v) is 4.11. The van der Waals surface area contributed by atoms with Crippen molar-refractivity contribution in [2.75, 3.05) is 27.2 Å². The van der Waals surface area contributed by atoms with Gasteiger partial charge in [-0.15, -0.1) is 0 Å². The Balaban J connectivity index is 2.63. The second-order valence-corrected chi connectivity index (χ2v) is 6.75. The van der Waals surface area contributed by atoms with Gasteiger partial charge < -0.3 is 16.0 Å². The van der Waals surface area contributed by atoms with Crippen LogP contribution in [0.1, 0.15) is 46.0 Å². The maximum absolute atomic E-state index is 12.6. The van der Waals surface area contributed by atoms with Crippen molar-refractivity contribution in [3.63, 3.8) is 0 Å². The van der Waals surface area contributed by atoms with Crippen LogP contribution < -0.4 is 11.1 Å². The topological polar surface area (TPSA) is 58.4 Å². The summed E-state index contributed by atoms with van der Waals surface area (Å²) in [5.41, 5.74) is 5.59. The van der Waals surface area contributed by atoms with Gasteiger partial charge in [0, 0.05) is 19.1 Å². The molecule has 0 aromatic heterocycles. The molecule has 1 saturated carbocycles. The zero-order valence-electron chi connectivity index (χ0n) is 13.0. The number of likely N-dealkylation sites (N-methyl/N-ethyl adjacent to an activating group) is 1. The first-order chi connectivity index (χ1) is 8.89. The highest BCUT2D eigenvalue weighted by atomic mass is 16.2. The molecule has 0 bridgehead atoms. The molecule has 0 spiro atoms. The molecule has 3 N–H and O–H groups in total. The molecule has 1 aliphatic carbocycles. The fourth-order valence-corrected chi connectivity index (χ4v) is 3.10. The molecule has 1 atom stereocenters. The second-order valence-electron chi connectivity index (χ2n) is 6.75. The molecule has 1 unspecified atom stereocenters. The van der Waals surface area contributed by atoms with E-state index in [1.54, 1.807) is 0 Å². The smallest absolute Gasteiger partial charge is 0.227 e. The molecule has 0 radical (unpaired) electrons. The highest BCUT2D eigenvalue weighted by Gasteiger charge is 2.40. The molecule has 1 amide bonds. The van der Waals surface area contributed by atoms with Gasteiger partial charge in [0.25, 0.3) is 0 Å². The van der Waals surface area contributed by atoms with Gasteiger partial charge in [0.1, 0.15) is 0 Å². The molecule has 1 rings (SSSR count). The summed E-state index contributed by atoms with van der Waals surface area (Å²) < 4.78 is 0. The SMILES string of the molecule is CC(C)CC(CN(C)C)NC(=O)C1(CN)CCCC1. The van der Waals surface area contributed by atoms with Crippen LogP contribution in [0.2, 0.25) is 0 Å². The lowest BCUT2D eigenvalue weighted by Crippen LogP contribution is -2.50. The van der Waals surface area contributed by atoms with E-state index in [0.717, 1.165) is 38.6 Å². The third kappa shape index (κ3) is 4.77. The molecule has 112 valence electrons. The summed E-state index contributed by atoms with van der Waals surface area (Å²) in [6.45, 7) is 5.77. The van der Waals surface area contributed by atoms with Gasteiger partial charge in [-0.05, 0) is 39.3 Å². The van der Waals surface area contributed by atoms with Crippen LogP contribution in [-0.2, 0) is 4.79 Å². The van der Waals surface area contributed by atoms with Crippen LogP contribution in [0.4, 0.5) is 0 Å². The van der Waals surface area contributed by atoms with E-state index in [4.69, 9.17) is 5.73 Å². The highest BCUT2D eigenvalue weighted by Crippen LogP contribution is 2.37. The first kappa shape index (κ1) is 16.4. The summed E-state index contributed by atoms with van der Waals surface area (Å²) in [5, 5.41) is 3.25. The highest BCUT2D eigenvalue weighted by molar-refractivity contribution is 5.83. The van der Waals surface area contributed by atoms with Crippen molar-refractivity contribution in [1.82, 2.24) is 10.2 Å². The van der Waals surface area contributed by atoms with Gasteiger partial charge in [0.15, 0.2) is 0 Å². The normalized spacial score (nSPS) is 19.9. The first-order valence-electron chi connectivity index (χ1n) is 7.55. The van der Waals surface area contributed by atoms with Gasteiger partial charge in [-0.1, -0.05) is 26.7 Å². The van der Waals surface area contributed by atoms with Gasteiger partial charge >= 0.3 is 0 Å². The van der Waals surface area contributed by atoms with Crippen molar-refractivity contribution in [3.05, 3.63) is 0 Å². The summed E-state index contributed by atoms with van der Waals surface area (Å²) >= 11 is 0. The largest absolute Gasteiger partial charge is 0.352 e. The predicted octanol–water partition coefficient (Wildman–Crippen LogP) is 1.60. The molecular weight excluding hydrogens is 238 g/mol. The fourth-order valence-electron chi connectivity index (χ4n) is 3.10. The Bertz CT molecular complexity index is 273. The Morgan fingerprint density at radius 2 is 1.89 bits per heavy atom. The first-order valence-corrected chi connectivity index (χ1v) is 7.55. The zero-order valence-corrected chi connectivity index (χ0v) is 13.0. The molecule has 1 aliphatic rings. The van der Waals surface area contributed by atoms with Crippen LogP contribution in [0.15, 0.2) is 0 Å². The summed E-state index contributed by atoms with van der Waals surface area (Å²) in [6.07, 6.45) is 5.18. The molecule has 0 aromatic carbocycles. The van der Waals surface area contributed by atoms with Crippen LogP contribution in [0.3, 0.4) is 0 Å². The van der Waals surface area contributed by atoms with Crippen LogP contribution in [-0.4, -0.2) is 44.0 Å². The van der Waals surface area contributed by atoms with Crippen molar-refractivity contribution in [1.29, 1.82) is 0 Å². The molecule has 19 heavy (non-hydrogen) atoms. The molecule has 0 aromatic rings. The second kappa shape index (κ2) is 7.25. The molecule has 4 nitrogen and oxygen atoms in total. The van der Waals surface area contributed by atoms with Crippen LogP contribution in [0.5, 0.6) is 0 Å². The average molecular weight is 269 g/mol. The minimum absolute atomic E-state index is 0.181. The van der Waals surface area contributed by atoms with Crippen molar-refractivity contribution >= 4 is 5.91 Å². The van der Waals surface area contributed by atoms with Gasteiger partial charge in [0.2, 0.25) is 5.91 Å². The number of carbonyl (C=O) groups excluding carboxylic acids is 1. The summed E-state index contributed by atoms with van der Waals surface area (Å²) in [4.78, 5) is 14.7. The Labute approximate surface area is 118 Å². The van der Waals surface area contributed by atoms with Gasteiger partial charge in [-0.25, -0.2) is 0 Å². The van der Waals surface area contributed by atoms with Crippen molar-refractivity contribution in [2.45, 2.75) is 52.0 Å². The summed E-state index contributed by atoms with van der Waals surface area (Å²) in [5.74, 6) is 0.766. The zero-order chi connectivity index (χ0) is 14.5. The minimum Gasteiger partial charge on any atom is -0.352 e. The fraction of sp³-hybridized carbons (Fsp3) is 0.933. The Morgan fingerprint density at radius 1 is 1.32 bits per heavy atom. The minimum atomic E-state index is -0.290. The number of rotatable bonds is 7. The maximum atomic E-state index is 12.6. The van der Waals surface area contributed by atoms with E-state index in [2.05, 4.69) is 24.1 Å². The third-order valence-electron chi connectivity index (χ3n) is 4.11. The van der Waals surface area contributed by atoms with Crippen molar-refractivity contribution in [3.8, 4) is 0 Å². The van der Waals surface area contributed by atoms with Crippen LogP contribution in [0.25, 0.3) is 0 Å².